The normalized spacial score (nSPS) is 16.1. The first-order chi connectivity index (χ1) is 13.2. The molecule has 0 spiro atoms. The quantitative estimate of drug-likeness (QED) is 0.464. The third-order valence-electron chi connectivity index (χ3n) is 5.03. The molecule has 0 unspecified atom stereocenters. The van der Waals surface area contributed by atoms with Crippen LogP contribution in [0.3, 0.4) is 0 Å². The number of nitrogens with zero attached hydrogens (tertiary/aromatic N) is 3. The molecule has 0 radical (unpaired) electrons. The molecule has 1 heterocycles. The fraction of sp³-hybridized carbons (Fsp3) is 0.611. The van der Waals surface area contributed by atoms with Crippen LogP contribution in [0.15, 0.2) is 23.1 Å². The Morgan fingerprint density at radius 3 is 2.50 bits per heavy atom. The van der Waals surface area contributed by atoms with Crippen molar-refractivity contribution in [2.45, 2.75) is 44.4 Å². The van der Waals surface area contributed by atoms with Crippen LogP contribution in [-0.2, 0) is 14.8 Å². The predicted molar refractivity (Wildman–Crippen MR) is 107 cm³/mol. The van der Waals surface area contributed by atoms with E-state index in [1.165, 1.54) is 16.4 Å². The number of rotatable bonds is 8. The van der Waals surface area contributed by atoms with Crippen molar-refractivity contribution in [3.8, 4) is 0 Å². The highest BCUT2D eigenvalue weighted by Crippen LogP contribution is 2.30. The van der Waals surface area contributed by atoms with E-state index in [-0.39, 0.29) is 34.8 Å². The van der Waals surface area contributed by atoms with Crippen molar-refractivity contribution in [2.24, 2.45) is 5.92 Å². The van der Waals surface area contributed by atoms with Crippen LogP contribution in [0, 0.1) is 16.0 Å². The molecule has 0 aromatic heterocycles. The summed E-state index contributed by atoms with van der Waals surface area (Å²) in [6.45, 7) is 5.80. The summed E-state index contributed by atoms with van der Waals surface area (Å²) < 4.78 is 27.0. The number of carbonyl (C=O) groups excluding carboxylic acids is 1. The number of halogens is 1. The van der Waals surface area contributed by atoms with Crippen LogP contribution >= 0.6 is 11.6 Å². The summed E-state index contributed by atoms with van der Waals surface area (Å²) >= 11 is 5.77. The summed E-state index contributed by atoms with van der Waals surface area (Å²) in [5, 5.41) is 10.9. The second kappa shape index (κ2) is 9.67. The monoisotopic (exact) mass is 431 g/mol. The Kier molecular flexibility index (Phi) is 7.79. The Bertz CT molecular complexity index is 823. The van der Waals surface area contributed by atoms with E-state index in [4.69, 9.17) is 11.6 Å². The zero-order chi connectivity index (χ0) is 20.9. The molecule has 0 atom stereocenters. The van der Waals surface area contributed by atoms with Gasteiger partial charge in [0.25, 0.3) is 5.69 Å². The predicted octanol–water partition coefficient (Wildman–Crippen LogP) is 3.30. The summed E-state index contributed by atoms with van der Waals surface area (Å²) in [4.78, 5) is 24.7. The van der Waals surface area contributed by atoms with Gasteiger partial charge in [-0.05, 0) is 38.3 Å². The van der Waals surface area contributed by atoms with Gasteiger partial charge >= 0.3 is 0 Å². The zero-order valence-electron chi connectivity index (χ0n) is 16.1. The number of hydrogen-bond acceptors (Lipinski definition) is 5. The molecule has 1 aromatic carbocycles. The van der Waals surface area contributed by atoms with Gasteiger partial charge in [-0.3, -0.25) is 14.9 Å². The van der Waals surface area contributed by atoms with E-state index in [0.29, 0.717) is 19.4 Å². The summed E-state index contributed by atoms with van der Waals surface area (Å²) in [7, 11) is -3.88. The van der Waals surface area contributed by atoms with Crippen LogP contribution in [0.1, 0.15) is 39.5 Å². The van der Waals surface area contributed by atoms with E-state index in [2.05, 4.69) is 6.92 Å². The highest BCUT2D eigenvalue weighted by atomic mass is 35.5. The number of piperidine rings is 1. The summed E-state index contributed by atoms with van der Waals surface area (Å²) in [5.41, 5.74) is -0.442. The number of benzene rings is 1. The minimum atomic E-state index is -3.88. The molecule has 0 bridgehead atoms. The van der Waals surface area contributed by atoms with Crippen molar-refractivity contribution in [3.63, 3.8) is 0 Å². The molecule has 1 amide bonds. The number of unbranched alkanes of at least 4 members (excludes halogenated alkanes) is 1. The fourth-order valence-corrected chi connectivity index (χ4v) is 4.99. The molecule has 8 nitrogen and oxygen atoms in total. The number of nitro benzene ring substituents is 1. The summed E-state index contributed by atoms with van der Waals surface area (Å²) in [6.07, 6.45) is 2.84. The highest BCUT2D eigenvalue weighted by Gasteiger charge is 2.34. The van der Waals surface area contributed by atoms with E-state index < -0.39 is 20.6 Å². The van der Waals surface area contributed by atoms with E-state index in [1.54, 1.807) is 0 Å². The molecule has 0 aliphatic carbocycles. The van der Waals surface area contributed by atoms with Gasteiger partial charge in [-0.2, -0.15) is 4.31 Å². The number of carbonyl (C=O) groups is 1. The first kappa shape index (κ1) is 22.6. The van der Waals surface area contributed by atoms with Crippen LogP contribution in [-0.4, -0.2) is 54.6 Å². The maximum Gasteiger partial charge on any atom is 0.289 e. The molecular formula is C18H26ClN3O5S. The van der Waals surface area contributed by atoms with E-state index >= 15 is 0 Å². The van der Waals surface area contributed by atoms with Gasteiger partial charge in [0.1, 0.15) is 5.02 Å². The number of amides is 1. The number of sulfonamides is 1. The average molecular weight is 432 g/mol. The van der Waals surface area contributed by atoms with Gasteiger partial charge in [-0.1, -0.05) is 24.9 Å². The van der Waals surface area contributed by atoms with Crippen LogP contribution in [0.5, 0.6) is 0 Å². The van der Waals surface area contributed by atoms with Crippen molar-refractivity contribution < 1.29 is 18.1 Å². The van der Waals surface area contributed by atoms with Crippen LogP contribution < -0.4 is 0 Å². The van der Waals surface area contributed by atoms with E-state index in [1.807, 2.05) is 11.8 Å². The molecule has 10 heteroatoms. The molecule has 1 aliphatic heterocycles. The SMILES string of the molecule is CCCCN(CC)C(=O)C1CCN(S(=O)(=O)c2ccc(Cl)c([N+](=O)[O-])c2)CC1. The Morgan fingerprint density at radius 1 is 1.32 bits per heavy atom. The first-order valence-corrected chi connectivity index (χ1v) is 11.3. The average Bonchev–Trinajstić information content (AvgIpc) is 2.68. The van der Waals surface area contributed by atoms with Gasteiger partial charge in [-0.15, -0.1) is 0 Å². The van der Waals surface area contributed by atoms with Gasteiger partial charge in [0.15, 0.2) is 0 Å². The second-order valence-electron chi connectivity index (χ2n) is 6.82. The Hall–Kier alpha value is -1.71. The Balaban J connectivity index is 2.09. The number of nitro groups is 1. The second-order valence-corrected chi connectivity index (χ2v) is 9.17. The molecule has 1 aromatic rings. The molecule has 1 fully saturated rings. The molecule has 0 saturated carbocycles. The van der Waals surface area contributed by atoms with Crippen molar-refractivity contribution >= 4 is 33.2 Å². The lowest BCUT2D eigenvalue weighted by molar-refractivity contribution is -0.384. The fourth-order valence-electron chi connectivity index (χ4n) is 3.32. The molecule has 28 heavy (non-hydrogen) atoms. The summed E-state index contributed by atoms with van der Waals surface area (Å²) in [5.74, 6) is -0.113. The lowest BCUT2D eigenvalue weighted by Gasteiger charge is -2.33. The zero-order valence-corrected chi connectivity index (χ0v) is 17.7. The number of hydrogen-bond donors (Lipinski definition) is 0. The van der Waals surface area contributed by atoms with Gasteiger partial charge in [0.2, 0.25) is 15.9 Å². The van der Waals surface area contributed by atoms with Gasteiger partial charge in [0.05, 0.1) is 9.82 Å². The van der Waals surface area contributed by atoms with Crippen LogP contribution in [0.25, 0.3) is 0 Å². The van der Waals surface area contributed by atoms with Gasteiger partial charge in [0, 0.05) is 38.2 Å². The topological polar surface area (TPSA) is 101 Å². The smallest absolute Gasteiger partial charge is 0.289 e. The highest BCUT2D eigenvalue weighted by molar-refractivity contribution is 7.89. The largest absolute Gasteiger partial charge is 0.343 e. The van der Waals surface area contributed by atoms with Crippen molar-refractivity contribution in [3.05, 3.63) is 33.3 Å². The Labute approximate surface area is 170 Å². The molecule has 156 valence electrons. The lowest BCUT2D eigenvalue weighted by atomic mass is 9.96. The van der Waals surface area contributed by atoms with Crippen LogP contribution in [0.4, 0.5) is 5.69 Å². The van der Waals surface area contributed by atoms with Crippen molar-refractivity contribution in [1.82, 2.24) is 9.21 Å². The van der Waals surface area contributed by atoms with Gasteiger partial charge < -0.3 is 4.90 Å². The standard InChI is InChI=1S/C18H26ClN3O5S/c1-3-5-10-20(4-2)18(23)14-8-11-21(12-9-14)28(26,27)15-6-7-16(19)17(13-15)22(24)25/h6-7,13-14H,3-5,8-12H2,1-2H3. The maximum absolute atomic E-state index is 12.8. The molecule has 1 aliphatic rings. The molecule has 1 saturated heterocycles. The maximum atomic E-state index is 12.8. The first-order valence-electron chi connectivity index (χ1n) is 9.45. The van der Waals surface area contributed by atoms with Gasteiger partial charge in [-0.25, -0.2) is 8.42 Å². The van der Waals surface area contributed by atoms with Crippen molar-refractivity contribution in [1.29, 1.82) is 0 Å². The van der Waals surface area contributed by atoms with E-state index in [0.717, 1.165) is 25.5 Å². The third-order valence-corrected chi connectivity index (χ3v) is 7.24. The molecular weight excluding hydrogens is 406 g/mol. The van der Waals surface area contributed by atoms with E-state index in [9.17, 15) is 23.3 Å². The minimum absolute atomic E-state index is 0.0788. The van der Waals surface area contributed by atoms with Crippen LogP contribution in [0.2, 0.25) is 5.02 Å². The lowest BCUT2D eigenvalue weighted by Crippen LogP contribution is -2.44. The summed E-state index contributed by atoms with van der Waals surface area (Å²) in [6, 6.07) is 3.47. The van der Waals surface area contributed by atoms with Crippen molar-refractivity contribution in [2.75, 3.05) is 26.2 Å². The molecule has 2 rings (SSSR count). The Morgan fingerprint density at radius 2 is 1.96 bits per heavy atom. The minimum Gasteiger partial charge on any atom is -0.343 e. The molecule has 0 N–H and O–H groups in total. The third kappa shape index (κ3) is 5.01.